The molecular weight excluding hydrogens is 1110 g/mol. The number of nitrogen functional groups attached to an aromatic ring is 1. The molecule has 1 aliphatic rings. The summed E-state index contributed by atoms with van der Waals surface area (Å²) in [5.41, 5.74) is 4.28. The van der Waals surface area contributed by atoms with E-state index in [0.29, 0.717) is 5.75 Å². The summed E-state index contributed by atoms with van der Waals surface area (Å²) in [5.74, 6) is -1.11. The molecule has 0 aliphatic carbocycles. The number of unbranched alkanes of at least 4 members (excludes halogenated alkanes) is 13. The number of nitrogens with zero attached hydrogens (tertiary/aromatic N) is 4. The van der Waals surface area contributed by atoms with E-state index in [1.165, 1.54) is 84.5 Å². The van der Waals surface area contributed by atoms with Crippen LogP contribution in [0, 0.1) is 5.41 Å². The lowest BCUT2D eigenvalue weighted by Gasteiger charge is -2.30. The molecule has 1 aliphatic heterocycles. The van der Waals surface area contributed by atoms with Gasteiger partial charge in [-0.05, 0) is 63.9 Å². The number of allylic oxidation sites excluding steroid dienone is 9. The van der Waals surface area contributed by atoms with Gasteiger partial charge in [-0.15, -0.1) is 0 Å². The van der Waals surface area contributed by atoms with Gasteiger partial charge in [0.2, 0.25) is 16.9 Å². The molecule has 0 bridgehead atoms. The van der Waals surface area contributed by atoms with E-state index in [1.807, 2.05) is 6.08 Å². The van der Waals surface area contributed by atoms with Gasteiger partial charge in [0.05, 0.1) is 19.5 Å². The largest absolute Gasteiger partial charge is 0.481 e. The van der Waals surface area contributed by atoms with Crippen molar-refractivity contribution in [1.82, 2.24) is 30.2 Å². The minimum atomic E-state index is -5.58. The highest BCUT2D eigenvalue weighted by Gasteiger charge is 2.50. The number of phosphoric ester groups is 3. The molecule has 0 aromatic carbocycles. The first-order valence-corrected chi connectivity index (χ1v) is 32.4. The summed E-state index contributed by atoms with van der Waals surface area (Å²) < 4.78 is 62.6. The monoisotopic (exact) mass is 1190 g/mol. The van der Waals surface area contributed by atoms with Crippen LogP contribution in [0.2, 0.25) is 0 Å². The van der Waals surface area contributed by atoms with Crippen LogP contribution in [0.25, 0.3) is 11.2 Å². The second-order valence-electron chi connectivity index (χ2n) is 19.5. The summed E-state index contributed by atoms with van der Waals surface area (Å²) in [5, 5.41) is 26.5. The van der Waals surface area contributed by atoms with Gasteiger partial charge in [-0.25, -0.2) is 28.6 Å². The molecule has 2 aromatic rings. The van der Waals surface area contributed by atoms with Crippen LogP contribution in [0.15, 0.2) is 73.4 Å². The second kappa shape index (κ2) is 37.4. The van der Waals surface area contributed by atoms with E-state index in [1.54, 1.807) is 6.08 Å². The molecule has 24 nitrogen and oxygen atoms in total. The van der Waals surface area contributed by atoms with E-state index in [0.717, 1.165) is 73.9 Å². The second-order valence-corrected chi connectivity index (χ2v) is 24.8. The van der Waals surface area contributed by atoms with Crippen molar-refractivity contribution in [2.24, 2.45) is 5.41 Å². The van der Waals surface area contributed by atoms with Gasteiger partial charge in [-0.2, -0.15) is 4.31 Å². The number of anilines is 1. The lowest BCUT2D eigenvalue weighted by atomic mass is 9.87. The number of carbonyl (C=O) groups is 3. The Balaban J connectivity index is 1.20. The molecule has 1 saturated heterocycles. The van der Waals surface area contributed by atoms with Crippen molar-refractivity contribution in [2.75, 3.05) is 37.8 Å². The van der Waals surface area contributed by atoms with Gasteiger partial charge < -0.3 is 50.9 Å². The summed E-state index contributed by atoms with van der Waals surface area (Å²) in [6, 6.07) is 0. The van der Waals surface area contributed by atoms with Gasteiger partial charge in [0, 0.05) is 30.7 Å². The number of fused-ring (bicyclic) bond motifs is 1. The maximum absolute atomic E-state index is 12.8. The Morgan fingerprint density at radius 2 is 1.34 bits per heavy atom. The number of nitrogens with two attached hydrogens (primary N) is 1. The molecule has 1 fully saturated rings. The van der Waals surface area contributed by atoms with Crippen LogP contribution in [0.4, 0.5) is 5.82 Å². The summed E-state index contributed by atoms with van der Waals surface area (Å²) in [6.45, 7) is 2.74. The molecule has 2 amide bonds. The van der Waals surface area contributed by atoms with Crippen molar-refractivity contribution in [1.29, 1.82) is 0 Å². The van der Waals surface area contributed by atoms with Crippen molar-refractivity contribution < 1.29 is 80.5 Å². The zero-order valence-corrected chi connectivity index (χ0v) is 49.1. The van der Waals surface area contributed by atoms with Crippen molar-refractivity contribution in [3.05, 3.63) is 73.4 Å². The van der Waals surface area contributed by atoms with E-state index in [4.69, 9.17) is 19.5 Å². The minimum Gasteiger partial charge on any atom is -0.386 e. The molecule has 446 valence electrons. The fourth-order valence-electron chi connectivity index (χ4n) is 7.83. The van der Waals surface area contributed by atoms with Crippen molar-refractivity contribution in [2.45, 2.75) is 173 Å². The molecule has 0 spiro atoms. The number of amides is 2. The first kappa shape index (κ1) is 69.5. The predicted molar refractivity (Wildman–Crippen MR) is 302 cm³/mol. The Morgan fingerprint density at radius 1 is 0.785 bits per heavy atom. The fourth-order valence-corrected chi connectivity index (χ4v) is 11.3. The van der Waals surface area contributed by atoms with Gasteiger partial charge in [0.15, 0.2) is 17.7 Å². The van der Waals surface area contributed by atoms with Gasteiger partial charge in [0.25, 0.3) is 0 Å². The summed E-state index contributed by atoms with van der Waals surface area (Å²) in [7, 11) is -16.4. The van der Waals surface area contributed by atoms with Crippen LogP contribution in [-0.2, 0) is 50.7 Å². The van der Waals surface area contributed by atoms with Gasteiger partial charge >= 0.3 is 23.5 Å². The first-order valence-electron chi connectivity index (χ1n) is 26.9. The number of imidazole rings is 1. The summed E-state index contributed by atoms with van der Waals surface area (Å²) >= 11 is 1.07. The maximum atomic E-state index is 12.8. The van der Waals surface area contributed by atoms with Crippen molar-refractivity contribution in [3.8, 4) is 0 Å². The molecule has 10 N–H and O–H groups in total. The van der Waals surface area contributed by atoms with Crippen molar-refractivity contribution >= 4 is 69.1 Å². The average Bonchev–Trinajstić information content (AvgIpc) is 4.12. The van der Waals surface area contributed by atoms with E-state index in [-0.39, 0.29) is 41.6 Å². The number of phosphoric acid groups is 3. The lowest BCUT2D eigenvalue weighted by molar-refractivity contribution is -0.137. The summed E-state index contributed by atoms with van der Waals surface area (Å²) in [6.07, 6.45) is 35.4. The van der Waals surface area contributed by atoms with Crippen LogP contribution >= 0.6 is 35.2 Å². The molecule has 0 radical (unpaired) electrons. The molecule has 2 unspecified atom stereocenters. The number of rotatable bonds is 42. The van der Waals surface area contributed by atoms with E-state index in [2.05, 4.69) is 90.0 Å². The highest BCUT2D eigenvalue weighted by molar-refractivity contribution is 8.14. The van der Waals surface area contributed by atoms with E-state index in [9.17, 15) is 57.9 Å². The predicted octanol–water partition coefficient (Wildman–Crippen LogP) is 8.49. The molecular formula is C51H84N7O17P3S. The highest BCUT2D eigenvalue weighted by atomic mass is 32.2. The number of carbonyl (C=O) groups excluding carboxylic acids is 3. The van der Waals surface area contributed by atoms with Crippen LogP contribution in [0.3, 0.4) is 0 Å². The van der Waals surface area contributed by atoms with Gasteiger partial charge in [-0.1, -0.05) is 145 Å². The SMILES string of the molecule is CCCCC/C=C\C/C=C\C/C=C\C/C=C\CCCCCCCCCCC/C=C/C(=O)SCCNC(=O)CCNC(=O)[C@H](O)C(C)(C)COP(=O)(O)OP(=O)(O)OC[C@H]1O[C@@H](n2cnc3c(N)ncnc32)[C@H](O)[C@@H]1OP(=O)(O)O. The maximum Gasteiger partial charge on any atom is 0.481 e. The van der Waals surface area contributed by atoms with Crippen LogP contribution in [0.1, 0.15) is 149 Å². The third-order valence-electron chi connectivity index (χ3n) is 12.2. The third kappa shape index (κ3) is 29.2. The Bertz CT molecular complexity index is 2450. The summed E-state index contributed by atoms with van der Waals surface area (Å²) in [4.78, 5) is 88.6. The zero-order chi connectivity index (χ0) is 58.2. The lowest BCUT2D eigenvalue weighted by Crippen LogP contribution is -2.46. The Labute approximate surface area is 468 Å². The van der Waals surface area contributed by atoms with Crippen LogP contribution < -0.4 is 16.4 Å². The number of aliphatic hydroxyl groups is 2. The number of hydrogen-bond acceptors (Lipinski definition) is 18. The number of aromatic nitrogens is 4. The van der Waals surface area contributed by atoms with Crippen molar-refractivity contribution in [3.63, 3.8) is 0 Å². The van der Waals surface area contributed by atoms with Crippen LogP contribution in [-0.4, -0.2) is 123 Å². The molecule has 7 atom stereocenters. The Kier molecular flexibility index (Phi) is 32.9. The molecule has 3 heterocycles. The quantitative estimate of drug-likeness (QED) is 0.0130. The smallest absolute Gasteiger partial charge is 0.386 e. The number of nitrogens with one attached hydrogen (secondary N) is 2. The molecule has 28 heteroatoms. The third-order valence-corrected chi connectivity index (χ3v) is 16.1. The molecule has 79 heavy (non-hydrogen) atoms. The molecule has 0 saturated carbocycles. The standard InChI is InChI=1S/C51H84N7O17P3S/c1-4-5-6-7-8-9-10-11-12-13-14-15-16-17-18-19-20-21-22-23-24-25-26-27-28-29-30-31-42(60)79-35-34-53-41(59)32-33-54-49(63)46(62)51(2,3)37-72-78(69,70)75-77(67,68)71-36-40-45(74-76(64,65)66)44(61)50(73-40)58-39-57-43-47(52)55-38-56-48(43)58/h8-9,11-12,14-15,17-18,30-31,38-40,44-46,50,61-62H,4-7,10,13,16,19-29,32-37H2,1-3H3,(H,53,59)(H,54,63)(H,67,68)(H,69,70)(H2,52,55,56)(H2,64,65,66)/b9-8-,12-11-,15-14-,18-17-,31-30+/t40-,44-,45-,46+,50-/m1/s1. The Hall–Kier alpha value is -3.74. The Morgan fingerprint density at radius 3 is 1.94 bits per heavy atom. The number of hydrogen-bond donors (Lipinski definition) is 9. The zero-order valence-electron chi connectivity index (χ0n) is 45.6. The fraction of sp³-hybridized carbons (Fsp3) is 0.647. The normalized spacial score (nSPS) is 19.4. The van der Waals surface area contributed by atoms with Gasteiger partial charge in [0.1, 0.15) is 36.3 Å². The number of ether oxygens (including phenoxy) is 1. The highest BCUT2D eigenvalue weighted by Crippen LogP contribution is 2.61. The van der Waals surface area contributed by atoms with E-state index < -0.39 is 84.6 Å². The first-order chi connectivity index (χ1) is 37.6. The average molecular weight is 1190 g/mol. The van der Waals surface area contributed by atoms with E-state index >= 15 is 0 Å². The minimum absolute atomic E-state index is 0.0313. The molecule has 3 rings (SSSR count). The number of aliphatic hydroxyl groups excluding tert-OH is 2. The van der Waals surface area contributed by atoms with Gasteiger partial charge in [-0.3, -0.25) is 32.5 Å². The topological polar surface area (TPSA) is 364 Å². The van der Waals surface area contributed by atoms with Crippen LogP contribution in [0.5, 0.6) is 0 Å². The number of thioether (sulfide) groups is 1. The molecule has 2 aromatic heterocycles.